The highest BCUT2D eigenvalue weighted by Gasteiger charge is 2.15. The van der Waals surface area contributed by atoms with E-state index in [1.54, 1.807) is 19.9 Å². The van der Waals surface area contributed by atoms with E-state index in [0.717, 1.165) is 0 Å². The Labute approximate surface area is 120 Å². The fraction of sp³-hybridized carbons (Fsp3) is 0.182. The molecule has 2 rings (SSSR count). The monoisotopic (exact) mass is 373 g/mol. The normalized spacial score (nSPS) is 10.4. The van der Waals surface area contributed by atoms with Gasteiger partial charge in [0, 0.05) is 0 Å². The van der Waals surface area contributed by atoms with Crippen LogP contribution < -0.4 is 5.32 Å². The van der Waals surface area contributed by atoms with E-state index in [2.05, 4.69) is 47.1 Å². The van der Waals surface area contributed by atoms with Gasteiger partial charge in [0.25, 0.3) is 5.91 Å². The molecule has 2 heterocycles. The van der Waals surface area contributed by atoms with E-state index < -0.39 is 0 Å². The molecule has 0 fully saturated rings. The molecule has 0 saturated carbocycles. The SMILES string of the molecule is Cc1cc(C(=O)Nc2ncc(Br)nc2Br)c(C)o1. The highest BCUT2D eigenvalue weighted by atomic mass is 79.9. The highest BCUT2D eigenvalue weighted by Crippen LogP contribution is 2.21. The first kappa shape index (κ1) is 13.2. The van der Waals surface area contributed by atoms with Crippen molar-refractivity contribution < 1.29 is 9.21 Å². The predicted molar refractivity (Wildman–Crippen MR) is 73.6 cm³/mol. The molecule has 1 amide bonds. The van der Waals surface area contributed by atoms with Crippen molar-refractivity contribution in [1.82, 2.24) is 9.97 Å². The smallest absolute Gasteiger partial charge is 0.260 e. The van der Waals surface area contributed by atoms with Crippen LogP contribution in [0.4, 0.5) is 5.82 Å². The molecule has 0 spiro atoms. The van der Waals surface area contributed by atoms with Crippen LogP contribution in [0.15, 0.2) is 25.9 Å². The van der Waals surface area contributed by atoms with Crippen LogP contribution in [0.2, 0.25) is 0 Å². The van der Waals surface area contributed by atoms with Crippen molar-refractivity contribution in [2.24, 2.45) is 0 Å². The average Bonchev–Trinajstić information content (AvgIpc) is 2.62. The van der Waals surface area contributed by atoms with Crippen LogP contribution in [0.5, 0.6) is 0 Å². The van der Waals surface area contributed by atoms with Crippen LogP contribution in [0.1, 0.15) is 21.9 Å². The van der Waals surface area contributed by atoms with E-state index in [9.17, 15) is 4.79 Å². The van der Waals surface area contributed by atoms with Gasteiger partial charge in [-0.05, 0) is 51.8 Å². The molecule has 0 radical (unpaired) electrons. The molecule has 2 aromatic heterocycles. The molecule has 1 N–H and O–H groups in total. The van der Waals surface area contributed by atoms with Crippen LogP contribution in [0, 0.1) is 13.8 Å². The summed E-state index contributed by atoms with van der Waals surface area (Å²) in [5, 5.41) is 2.67. The maximum absolute atomic E-state index is 12.0. The Morgan fingerprint density at radius 2 is 2.11 bits per heavy atom. The molecule has 0 saturated heterocycles. The summed E-state index contributed by atoms with van der Waals surface area (Å²) in [7, 11) is 0. The Hall–Kier alpha value is -1.21. The lowest BCUT2D eigenvalue weighted by atomic mass is 10.2. The van der Waals surface area contributed by atoms with Crippen molar-refractivity contribution in [2.75, 3.05) is 5.32 Å². The van der Waals surface area contributed by atoms with E-state index in [1.165, 1.54) is 6.20 Å². The quantitative estimate of drug-likeness (QED) is 0.873. The molecular formula is C11H9Br2N3O2. The van der Waals surface area contributed by atoms with Crippen LogP contribution in [0.3, 0.4) is 0 Å². The molecule has 0 aromatic carbocycles. The fourth-order valence-corrected chi connectivity index (χ4v) is 2.37. The first-order valence-electron chi connectivity index (χ1n) is 5.04. The number of aromatic nitrogens is 2. The number of aryl methyl sites for hydroxylation is 2. The number of hydrogen-bond acceptors (Lipinski definition) is 4. The Morgan fingerprint density at radius 1 is 1.39 bits per heavy atom. The molecule has 0 aliphatic heterocycles. The molecule has 94 valence electrons. The van der Waals surface area contributed by atoms with Gasteiger partial charge in [-0.3, -0.25) is 4.79 Å². The molecule has 0 unspecified atom stereocenters. The summed E-state index contributed by atoms with van der Waals surface area (Å²) in [6.07, 6.45) is 1.51. The third kappa shape index (κ3) is 2.78. The van der Waals surface area contributed by atoms with Crippen LogP contribution >= 0.6 is 31.9 Å². The zero-order chi connectivity index (χ0) is 13.3. The van der Waals surface area contributed by atoms with E-state index >= 15 is 0 Å². The topological polar surface area (TPSA) is 68.0 Å². The van der Waals surface area contributed by atoms with Crippen molar-refractivity contribution in [1.29, 1.82) is 0 Å². The van der Waals surface area contributed by atoms with Crippen LogP contribution in [-0.2, 0) is 0 Å². The number of hydrogen-bond donors (Lipinski definition) is 1. The summed E-state index contributed by atoms with van der Waals surface area (Å²) in [4.78, 5) is 20.2. The third-order valence-corrected chi connectivity index (χ3v) is 3.15. The average molecular weight is 375 g/mol. The number of carbonyl (C=O) groups is 1. The largest absolute Gasteiger partial charge is 0.466 e. The van der Waals surface area contributed by atoms with Gasteiger partial charge in [0.1, 0.15) is 20.7 Å². The zero-order valence-corrected chi connectivity index (χ0v) is 12.8. The lowest BCUT2D eigenvalue weighted by Gasteiger charge is -2.04. The Bertz CT molecular complexity index is 610. The molecular weight excluding hydrogens is 366 g/mol. The summed E-state index contributed by atoms with van der Waals surface area (Å²) >= 11 is 6.42. The minimum Gasteiger partial charge on any atom is -0.466 e. The molecule has 5 nitrogen and oxygen atoms in total. The van der Waals surface area contributed by atoms with Crippen molar-refractivity contribution >= 4 is 43.6 Å². The summed E-state index contributed by atoms with van der Waals surface area (Å²) in [5.41, 5.74) is 0.490. The van der Waals surface area contributed by atoms with Gasteiger partial charge in [-0.25, -0.2) is 9.97 Å². The van der Waals surface area contributed by atoms with Crippen LogP contribution in [-0.4, -0.2) is 15.9 Å². The van der Waals surface area contributed by atoms with Crippen LogP contribution in [0.25, 0.3) is 0 Å². The lowest BCUT2D eigenvalue weighted by molar-refractivity contribution is 0.102. The van der Waals surface area contributed by atoms with Gasteiger partial charge in [0.05, 0.1) is 11.8 Å². The van der Waals surface area contributed by atoms with E-state index in [-0.39, 0.29) is 5.91 Å². The first-order valence-corrected chi connectivity index (χ1v) is 6.62. The minimum atomic E-state index is -0.276. The number of anilines is 1. The number of furan rings is 1. The highest BCUT2D eigenvalue weighted by molar-refractivity contribution is 9.11. The van der Waals surface area contributed by atoms with Gasteiger partial charge >= 0.3 is 0 Å². The molecule has 2 aromatic rings. The zero-order valence-electron chi connectivity index (χ0n) is 9.62. The Morgan fingerprint density at radius 3 is 2.67 bits per heavy atom. The summed E-state index contributed by atoms with van der Waals surface area (Å²) in [6, 6.07) is 1.69. The van der Waals surface area contributed by atoms with Gasteiger partial charge in [0.15, 0.2) is 5.82 Å². The van der Waals surface area contributed by atoms with Crippen molar-refractivity contribution in [2.45, 2.75) is 13.8 Å². The molecule has 0 bridgehead atoms. The maximum Gasteiger partial charge on any atom is 0.260 e. The van der Waals surface area contributed by atoms with E-state index in [4.69, 9.17) is 4.42 Å². The molecule has 0 aliphatic carbocycles. The summed E-state index contributed by atoms with van der Waals surface area (Å²) < 4.78 is 6.35. The maximum atomic E-state index is 12.0. The second-order valence-corrected chi connectivity index (χ2v) is 5.18. The predicted octanol–water partition coefficient (Wildman–Crippen LogP) is 3.46. The van der Waals surface area contributed by atoms with Crippen molar-refractivity contribution in [3.63, 3.8) is 0 Å². The van der Waals surface area contributed by atoms with E-state index in [0.29, 0.717) is 32.1 Å². The van der Waals surface area contributed by atoms with E-state index in [1.807, 2.05) is 0 Å². The van der Waals surface area contributed by atoms with Crippen molar-refractivity contribution in [3.05, 3.63) is 38.6 Å². The van der Waals surface area contributed by atoms with Gasteiger partial charge in [-0.15, -0.1) is 0 Å². The van der Waals surface area contributed by atoms with Gasteiger partial charge in [-0.1, -0.05) is 0 Å². The number of nitrogens with one attached hydrogen (secondary N) is 1. The molecule has 7 heteroatoms. The number of carbonyl (C=O) groups excluding carboxylic acids is 1. The Balaban J connectivity index is 2.24. The second kappa shape index (κ2) is 5.19. The fourth-order valence-electron chi connectivity index (χ4n) is 1.46. The van der Waals surface area contributed by atoms with Gasteiger partial charge in [-0.2, -0.15) is 0 Å². The lowest BCUT2D eigenvalue weighted by Crippen LogP contribution is -2.14. The number of amides is 1. The second-order valence-electron chi connectivity index (χ2n) is 3.61. The number of rotatable bonds is 2. The molecule has 0 aliphatic rings. The number of halogens is 2. The Kier molecular flexibility index (Phi) is 3.82. The first-order chi connectivity index (χ1) is 8.47. The third-order valence-electron chi connectivity index (χ3n) is 2.22. The van der Waals surface area contributed by atoms with Gasteiger partial charge < -0.3 is 9.73 Å². The standard InChI is InChI=1S/C11H9Br2N3O2/c1-5-3-7(6(2)18-5)11(17)16-10-9(13)15-8(12)4-14-10/h3-4H,1-2H3,(H,14,16,17). The summed E-state index contributed by atoms with van der Waals surface area (Å²) in [5.74, 6) is 1.35. The molecule has 0 atom stereocenters. The molecule has 18 heavy (non-hydrogen) atoms. The van der Waals surface area contributed by atoms with Gasteiger partial charge in [0.2, 0.25) is 0 Å². The summed E-state index contributed by atoms with van der Waals surface area (Å²) in [6.45, 7) is 3.53. The number of nitrogens with zero attached hydrogens (tertiary/aromatic N) is 2. The minimum absolute atomic E-state index is 0.276. The van der Waals surface area contributed by atoms with Crippen molar-refractivity contribution in [3.8, 4) is 0 Å².